The van der Waals surface area contributed by atoms with E-state index in [1.54, 1.807) is 6.20 Å². The van der Waals surface area contributed by atoms with Gasteiger partial charge in [0.1, 0.15) is 6.61 Å². The number of fused-ring (bicyclic) bond motifs is 1. The molecule has 2 heterocycles. The average Bonchev–Trinajstić information content (AvgIpc) is 3.04. The fraction of sp³-hybridized carbons (Fsp3) is 0.429. The van der Waals surface area contributed by atoms with Gasteiger partial charge in [0.05, 0.1) is 34.3 Å². The van der Waals surface area contributed by atoms with Crippen molar-refractivity contribution in [3.63, 3.8) is 0 Å². The van der Waals surface area contributed by atoms with Crippen LogP contribution in [0.4, 0.5) is 0 Å². The molecule has 0 amide bonds. The van der Waals surface area contributed by atoms with Crippen molar-refractivity contribution in [3.05, 3.63) is 24.2 Å². The molecular weight excluding hydrogens is 316 g/mol. The molecule has 0 saturated heterocycles. The third-order valence-corrected chi connectivity index (χ3v) is 3.74. The van der Waals surface area contributed by atoms with Crippen molar-refractivity contribution in [2.75, 3.05) is 26.4 Å². The highest BCUT2D eigenvalue weighted by Crippen LogP contribution is 2.28. The predicted molar refractivity (Wildman–Crippen MR) is 92.4 cm³/mol. The van der Waals surface area contributed by atoms with Crippen molar-refractivity contribution >= 4 is 27.8 Å². The second-order valence-electron chi connectivity index (χ2n) is 4.75. The Bertz CT molecular complexity index is 645. The van der Waals surface area contributed by atoms with E-state index < -0.39 is 0 Å². The molecular formula is C14H22N6O2S. The Kier molecular flexibility index (Phi) is 7.14. The normalized spacial score (nSPS) is 12.0. The summed E-state index contributed by atoms with van der Waals surface area (Å²) in [5, 5.41) is 13.3. The first-order valence-corrected chi connectivity index (χ1v) is 8.21. The van der Waals surface area contributed by atoms with E-state index >= 15 is 0 Å². The van der Waals surface area contributed by atoms with Crippen LogP contribution in [-0.2, 0) is 4.74 Å². The number of hydrogen-bond donors (Lipinski definition) is 4. The molecule has 7 N–H and O–H groups in total. The molecule has 0 spiro atoms. The average molecular weight is 338 g/mol. The third kappa shape index (κ3) is 4.83. The summed E-state index contributed by atoms with van der Waals surface area (Å²) < 4.78 is 11.2. The maximum absolute atomic E-state index is 5.73. The number of nitrogens with one attached hydrogen (secondary N) is 1. The van der Waals surface area contributed by atoms with Crippen molar-refractivity contribution in [3.8, 4) is 5.88 Å². The Morgan fingerprint density at radius 3 is 2.91 bits per heavy atom. The zero-order valence-electron chi connectivity index (χ0n) is 12.8. The van der Waals surface area contributed by atoms with E-state index in [0.29, 0.717) is 42.8 Å². The van der Waals surface area contributed by atoms with Gasteiger partial charge < -0.3 is 20.9 Å². The quantitative estimate of drug-likeness (QED) is 0.371. The SMILES string of the molecule is N/C=C(\SN)c1cc2[nH]ncc2c(OCCOCCCCN)n1. The Hall–Kier alpha value is -1.81. The number of ether oxygens (including phenoxy) is 2. The molecule has 0 saturated carbocycles. The zero-order chi connectivity index (χ0) is 16.5. The number of nitrogens with zero attached hydrogens (tertiary/aromatic N) is 2. The molecule has 2 aromatic heterocycles. The Morgan fingerprint density at radius 2 is 2.17 bits per heavy atom. The van der Waals surface area contributed by atoms with Crippen LogP contribution in [0.3, 0.4) is 0 Å². The van der Waals surface area contributed by atoms with Crippen molar-refractivity contribution in [1.29, 1.82) is 0 Å². The molecule has 0 aromatic carbocycles. The van der Waals surface area contributed by atoms with Crippen molar-refractivity contribution < 1.29 is 9.47 Å². The predicted octanol–water partition coefficient (Wildman–Crippen LogP) is 0.956. The first-order valence-electron chi connectivity index (χ1n) is 7.34. The third-order valence-electron chi connectivity index (χ3n) is 3.14. The molecule has 0 bridgehead atoms. The second kappa shape index (κ2) is 9.36. The first kappa shape index (κ1) is 17.5. The maximum atomic E-state index is 5.73. The maximum Gasteiger partial charge on any atom is 0.225 e. The van der Waals surface area contributed by atoms with Gasteiger partial charge in [0, 0.05) is 12.8 Å². The summed E-state index contributed by atoms with van der Waals surface area (Å²) in [4.78, 5) is 5.12. The Labute approximate surface area is 138 Å². The van der Waals surface area contributed by atoms with Crippen molar-refractivity contribution in [1.82, 2.24) is 15.2 Å². The Balaban J connectivity index is 2.00. The van der Waals surface area contributed by atoms with Gasteiger partial charge in [0.25, 0.3) is 0 Å². The number of nitrogens with two attached hydrogens (primary N) is 3. The highest BCUT2D eigenvalue weighted by atomic mass is 32.2. The topological polar surface area (TPSA) is 138 Å². The van der Waals surface area contributed by atoms with E-state index in [1.165, 1.54) is 6.20 Å². The minimum Gasteiger partial charge on any atom is -0.475 e. The summed E-state index contributed by atoms with van der Waals surface area (Å²) in [6, 6.07) is 1.83. The van der Waals surface area contributed by atoms with Crippen LogP contribution < -0.4 is 21.3 Å². The summed E-state index contributed by atoms with van der Waals surface area (Å²) in [7, 11) is 0. The minimum atomic E-state index is 0.400. The van der Waals surface area contributed by atoms with Gasteiger partial charge in [-0.25, -0.2) is 4.98 Å². The van der Waals surface area contributed by atoms with Crippen LogP contribution in [0.1, 0.15) is 18.5 Å². The van der Waals surface area contributed by atoms with E-state index in [9.17, 15) is 0 Å². The molecule has 2 aromatic rings. The van der Waals surface area contributed by atoms with Crippen LogP contribution in [0.5, 0.6) is 5.88 Å². The van der Waals surface area contributed by atoms with Crippen LogP contribution in [0.15, 0.2) is 18.5 Å². The summed E-state index contributed by atoms with van der Waals surface area (Å²) in [5.74, 6) is 0.477. The van der Waals surface area contributed by atoms with Gasteiger partial charge >= 0.3 is 0 Å². The fourth-order valence-electron chi connectivity index (χ4n) is 1.98. The molecule has 8 nitrogen and oxygen atoms in total. The standard InChI is InChI=1S/C14H22N6O2S/c15-3-1-2-4-21-5-6-22-14-10-9-18-20-11(10)7-12(19-14)13(8-16)23-17/h7-9H,1-6,15-17H2,(H,18,20)/b13-8-. The number of H-pyrrole nitrogens is 1. The number of aromatic amines is 1. The molecule has 126 valence electrons. The number of rotatable bonds is 10. The minimum absolute atomic E-state index is 0.400. The Morgan fingerprint density at radius 1 is 1.30 bits per heavy atom. The fourth-order valence-corrected chi connectivity index (χ4v) is 2.29. The van der Waals surface area contributed by atoms with Gasteiger partial charge in [-0.1, -0.05) is 0 Å². The van der Waals surface area contributed by atoms with Crippen molar-refractivity contribution in [2.24, 2.45) is 16.6 Å². The first-order chi connectivity index (χ1) is 11.3. The van der Waals surface area contributed by atoms with Gasteiger partial charge in [0.15, 0.2) is 0 Å². The zero-order valence-corrected chi connectivity index (χ0v) is 13.6. The van der Waals surface area contributed by atoms with E-state index in [0.717, 1.165) is 35.7 Å². The summed E-state index contributed by atoms with van der Waals surface area (Å²) in [6.45, 7) is 2.25. The van der Waals surface area contributed by atoms with Crippen LogP contribution in [0.2, 0.25) is 0 Å². The molecule has 0 radical (unpaired) electrons. The lowest BCUT2D eigenvalue weighted by atomic mass is 10.2. The smallest absolute Gasteiger partial charge is 0.225 e. The second-order valence-corrected chi connectivity index (χ2v) is 5.42. The van der Waals surface area contributed by atoms with E-state index in [-0.39, 0.29) is 0 Å². The van der Waals surface area contributed by atoms with Gasteiger partial charge in [-0.15, -0.1) is 0 Å². The number of hydrogen-bond acceptors (Lipinski definition) is 8. The lowest BCUT2D eigenvalue weighted by Crippen LogP contribution is -2.10. The molecule has 9 heteroatoms. The van der Waals surface area contributed by atoms with Gasteiger partial charge in [-0.2, -0.15) is 5.10 Å². The van der Waals surface area contributed by atoms with Crippen LogP contribution in [0, 0.1) is 0 Å². The van der Waals surface area contributed by atoms with E-state index in [1.807, 2.05) is 6.07 Å². The number of pyridine rings is 1. The van der Waals surface area contributed by atoms with Gasteiger partial charge in [-0.3, -0.25) is 10.2 Å². The summed E-state index contributed by atoms with van der Waals surface area (Å²) >= 11 is 1.03. The molecule has 0 aliphatic carbocycles. The summed E-state index contributed by atoms with van der Waals surface area (Å²) in [6.07, 6.45) is 5.00. The molecule has 2 rings (SSSR count). The molecule has 0 atom stereocenters. The lowest BCUT2D eigenvalue weighted by Gasteiger charge is -2.09. The highest BCUT2D eigenvalue weighted by Gasteiger charge is 2.12. The number of aromatic nitrogens is 3. The lowest BCUT2D eigenvalue weighted by molar-refractivity contribution is 0.0967. The monoisotopic (exact) mass is 338 g/mol. The highest BCUT2D eigenvalue weighted by molar-refractivity contribution is 8.06. The largest absolute Gasteiger partial charge is 0.475 e. The molecule has 0 unspecified atom stereocenters. The molecule has 0 aliphatic heterocycles. The van der Waals surface area contributed by atoms with Gasteiger partial charge in [0.2, 0.25) is 5.88 Å². The van der Waals surface area contributed by atoms with Crippen molar-refractivity contribution in [2.45, 2.75) is 12.8 Å². The van der Waals surface area contributed by atoms with E-state index in [4.69, 9.17) is 26.1 Å². The molecule has 0 aliphatic rings. The van der Waals surface area contributed by atoms with E-state index in [2.05, 4.69) is 15.2 Å². The van der Waals surface area contributed by atoms with Crippen LogP contribution >= 0.6 is 11.9 Å². The molecule has 23 heavy (non-hydrogen) atoms. The molecule has 0 fully saturated rings. The van der Waals surface area contributed by atoms with Gasteiger partial charge in [-0.05, 0) is 37.4 Å². The van der Waals surface area contributed by atoms with Crippen LogP contribution in [-0.4, -0.2) is 41.5 Å². The van der Waals surface area contributed by atoms with Crippen LogP contribution in [0.25, 0.3) is 15.8 Å². The summed E-state index contributed by atoms with van der Waals surface area (Å²) in [5.41, 5.74) is 12.4. The number of unbranched alkanes of at least 4 members (excludes halogenated alkanes) is 1.